The maximum absolute atomic E-state index is 10.3. The number of aliphatic hydroxyl groups is 1. The molecule has 2 unspecified atom stereocenters. The van der Waals surface area contributed by atoms with Crippen molar-refractivity contribution in [2.75, 3.05) is 6.61 Å². The minimum atomic E-state index is -0.549. The van der Waals surface area contributed by atoms with E-state index in [0.717, 1.165) is 40.4 Å². The Kier molecular flexibility index (Phi) is 4.41. The van der Waals surface area contributed by atoms with Crippen molar-refractivity contribution in [3.05, 3.63) is 32.7 Å². The molecule has 2 nitrogen and oxygen atoms in total. The van der Waals surface area contributed by atoms with Gasteiger partial charge in [0.05, 0.1) is 6.10 Å². The van der Waals surface area contributed by atoms with Crippen LogP contribution in [0.2, 0.25) is 0 Å². The molecular formula is C12H14Br2O2. The fourth-order valence-electron chi connectivity index (χ4n) is 1.96. The van der Waals surface area contributed by atoms with Gasteiger partial charge in [-0.3, -0.25) is 0 Å². The van der Waals surface area contributed by atoms with E-state index in [1.807, 2.05) is 18.2 Å². The SMILES string of the molecule is OC(c1cc(Br)ccc1Br)C1CCCCO1. The van der Waals surface area contributed by atoms with E-state index in [4.69, 9.17) is 4.74 Å². The molecule has 1 aromatic rings. The molecule has 4 heteroatoms. The summed E-state index contributed by atoms with van der Waals surface area (Å²) in [4.78, 5) is 0. The van der Waals surface area contributed by atoms with Crippen LogP contribution in [0, 0.1) is 0 Å². The minimum Gasteiger partial charge on any atom is -0.386 e. The predicted molar refractivity (Wildman–Crippen MR) is 70.4 cm³/mol. The fourth-order valence-corrected chi connectivity index (χ4v) is 2.82. The number of ether oxygens (including phenoxy) is 1. The highest BCUT2D eigenvalue weighted by molar-refractivity contribution is 9.11. The summed E-state index contributed by atoms with van der Waals surface area (Å²) < 4.78 is 7.50. The van der Waals surface area contributed by atoms with Crippen LogP contribution < -0.4 is 0 Å². The molecule has 0 aromatic heterocycles. The molecule has 1 aliphatic heterocycles. The average Bonchev–Trinajstić information content (AvgIpc) is 2.32. The molecule has 0 aliphatic carbocycles. The van der Waals surface area contributed by atoms with Crippen molar-refractivity contribution < 1.29 is 9.84 Å². The van der Waals surface area contributed by atoms with Crippen LogP contribution in [0.5, 0.6) is 0 Å². The quantitative estimate of drug-likeness (QED) is 0.879. The van der Waals surface area contributed by atoms with Crippen molar-refractivity contribution in [3.63, 3.8) is 0 Å². The summed E-state index contributed by atoms with van der Waals surface area (Å²) >= 11 is 6.88. The van der Waals surface area contributed by atoms with Crippen LogP contribution in [0.4, 0.5) is 0 Å². The van der Waals surface area contributed by atoms with Gasteiger partial charge in [0.25, 0.3) is 0 Å². The topological polar surface area (TPSA) is 29.5 Å². The lowest BCUT2D eigenvalue weighted by atomic mass is 9.98. The molecule has 1 aliphatic rings. The Morgan fingerprint density at radius 2 is 2.12 bits per heavy atom. The molecule has 0 bridgehead atoms. The van der Waals surface area contributed by atoms with E-state index in [1.54, 1.807) is 0 Å². The van der Waals surface area contributed by atoms with Gasteiger partial charge in [-0.05, 0) is 43.0 Å². The van der Waals surface area contributed by atoms with E-state index in [2.05, 4.69) is 31.9 Å². The summed E-state index contributed by atoms with van der Waals surface area (Å²) in [5.41, 5.74) is 0.890. The van der Waals surface area contributed by atoms with Gasteiger partial charge < -0.3 is 9.84 Å². The second-order valence-corrected chi connectivity index (χ2v) is 5.79. The molecule has 88 valence electrons. The molecule has 1 N–H and O–H groups in total. The van der Waals surface area contributed by atoms with Crippen LogP contribution >= 0.6 is 31.9 Å². The Balaban J connectivity index is 2.18. The molecule has 1 heterocycles. The summed E-state index contributed by atoms with van der Waals surface area (Å²) in [6.45, 7) is 0.757. The second-order valence-electron chi connectivity index (χ2n) is 4.02. The van der Waals surface area contributed by atoms with Gasteiger partial charge >= 0.3 is 0 Å². The third kappa shape index (κ3) is 2.86. The zero-order valence-electron chi connectivity index (χ0n) is 8.83. The van der Waals surface area contributed by atoms with Crippen LogP contribution in [0.1, 0.15) is 30.9 Å². The van der Waals surface area contributed by atoms with Crippen molar-refractivity contribution in [1.29, 1.82) is 0 Å². The van der Waals surface area contributed by atoms with E-state index < -0.39 is 6.10 Å². The van der Waals surface area contributed by atoms with E-state index in [1.165, 1.54) is 0 Å². The Labute approximate surface area is 112 Å². The lowest BCUT2D eigenvalue weighted by molar-refractivity contribution is -0.0636. The predicted octanol–water partition coefficient (Wildman–Crippen LogP) is 3.81. The third-order valence-corrected chi connectivity index (χ3v) is 4.06. The molecule has 1 aromatic carbocycles. The first kappa shape index (κ1) is 12.6. The minimum absolute atomic E-state index is 0.0700. The van der Waals surface area contributed by atoms with E-state index in [-0.39, 0.29) is 6.10 Å². The zero-order valence-corrected chi connectivity index (χ0v) is 12.0. The number of rotatable bonds is 2. The van der Waals surface area contributed by atoms with E-state index >= 15 is 0 Å². The van der Waals surface area contributed by atoms with Gasteiger partial charge in [-0.1, -0.05) is 31.9 Å². The first-order chi connectivity index (χ1) is 7.68. The second kappa shape index (κ2) is 5.63. The number of halogens is 2. The molecule has 0 radical (unpaired) electrons. The Morgan fingerprint density at radius 1 is 1.31 bits per heavy atom. The van der Waals surface area contributed by atoms with Crippen molar-refractivity contribution in [2.24, 2.45) is 0 Å². The van der Waals surface area contributed by atoms with Crippen molar-refractivity contribution in [2.45, 2.75) is 31.5 Å². The molecule has 2 rings (SSSR count). The highest BCUT2D eigenvalue weighted by Gasteiger charge is 2.25. The number of hydrogen-bond donors (Lipinski definition) is 1. The Morgan fingerprint density at radius 3 is 2.81 bits per heavy atom. The first-order valence-electron chi connectivity index (χ1n) is 5.43. The van der Waals surface area contributed by atoms with Gasteiger partial charge in [-0.15, -0.1) is 0 Å². The Hall–Kier alpha value is 0.1000. The number of hydrogen-bond acceptors (Lipinski definition) is 2. The monoisotopic (exact) mass is 348 g/mol. The van der Waals surface area contributed by atoms with E-state index in [9.17, 15) is 5.11 Å². The zero-order chi connectivity index (χ0) is 11.5. The smallest absolute Gasteiger partial charge is 0.106 e. The van der Waals surface area contributed by atoms with Crippen molar-refractivity contribution >= 4 is 31.9 Å². The summed E-state index contributed by atoms with van der Waals surface area (Å²) in [5, 5.41) is 10.3. The standard InChI is InChI=1S/C12H14Br2O2/c13-8-4-5-10(14)9(7-8)12(15)11-3-1-2-6-16-11/h4-5,7,11-12,15H,1-3,6H2. The Bertz CT molecular complexity index is 362. The van der Waals surface area contributed by atoms with Crippen molar-refractivity contribution in [1.82, 2.24) is 0 Å². The van der Waals surface area contributed by atoms with Gasteiger partial charge in [0.2, 0.25) is 0 Å². The maximum atomic E-state index is 10.3. The largest absolute Gasteiger partial charge is 0.386 e. The van der Waals surface area contributed by atoms with E-state index in [0.29, 0.717) is 0 Å². The van der Waals surface area contributed by atoms with Crippen LogP contribution in [0.15, 0.2) is 27.1 Å². The molecule has 1 fully saturated rings. The lowest BCUT2D eigenvalue weighted by Gasteiger charge is -2.27. The normalized spacial score (nSPS) is 23.1. The summed E-state index contributed by atoms with van der Waals surface area (Å²) in [6, 6.07) is 5.82. The molecule has 0 amide bonds. The molecule has 2 atom stereocenters. The van der Waals surface area contributed by atoms with Gasteiger partial charge in [-0.2, -0.15) is 0 Å². The molecule has 16 heavy (non-hydrogen) atoms. The molecule has 0 spiro atoms. The summed E-state index contributed by atoms with van der Waals surface area (Å²) in [6.07, 6.45) is 2.54. The van der Waals surface area contributed by atoms with Crippen LogP contribution in [0.3, 0.4) is 0 Å². The number of benzene rings is 1. The number of aliphatic hydroxyl groups excluding tert-OH is 1. The van der Waals surface area contributed by atoms with Gasteiger partial charge in [0, 0.05) is 15.6 Å². The van der Waals surface area contributed by atoms with Crippen LogP contribution in [-0.2, 0) is 4.74 Å². The van der Waals surface area contributed by atoms with Gasteiger partial charge in [-0.25, -0.2) is 0 Å². The maximum Gasteiger partial charge on any atom is 0.106 e. The summed E-state index contributed by atoms with van der Waals surface area (Å²) in [7, 11) is 0. The highest BCUT2D eigenvalue weighted by atomic mass is 79.9. The lowest BCUT2D eigenvalue weighted by Crippen LogP contribution is -2.26. The third-order valence-electron chi connectivity index (χ3n) is 2.84. The highest BCUT2D eigenvalue weighted by Crippen LogP contribution is 2.32. The molecule has 0 saturated carbocycles. The fraction of sp³-hybridized carbons (Fsp3) is 0.500. The van der Waals surface area contributed by atoms with Crippen molar-refractivity contribution in [3.8, 4) is 0 Å². The van der Waals surface area contributed by atoms with Crippen LogP contribution in [0.25, 0.3) is 0 Å². The molecule has 1 saturated heterocycles. The van der Waals surface area contributed by atoms with Gasteiger partial charge in [0.15, 0.2) is 0 Å². The summed E-state index contributed by atoms with van der Waals surface area (Å²) in [5.74, 6) is 0. The van der Waals surface area contributed by atoms with Gasteiger partial charge in [0.1, 0.15) is 6.10 Å². The van der Waals surface area contributed by atoms with Crippen LogP contribution in [-0.4, -0.2) is 17.8 Å². The average molecular weight is 350 g/mol. The molecular weight excluding hydrogens is 336 g/mol. The first-order valence-corrected chi connectivity index (χ1v) is 7.01.